The Balaban J connectivity index is 1.60. The van der Waals surface area contributed by atoms with Gasteiger partial charge in [-0.2, -0.15) is 5.10 Å². The molecule has 1 aromatic heterocycles. The molecule has 4 aromatic rings. The average Bonchev–Trinajstić information content (AvgIpc) is 3.17. The van der Waals surface area contributed by atoms with E-state index in [1.807, 2.05) is 93.0 Å². The number of azo groups is 1. The minimum absolute atomic E-state index is 0.488. The molecule has 7 heteroatoms. The fourth-order valence-corrected chi connectivity index (χ4v) is 3.46. The average molecular weight is 401 g/mol. The maximum absolute atomic E-state index is 4.50. The molecule has 0 saturated heterocycles. The number of hydrogen-bond donors (Lipinski definition) is 1. The topological polar surface area (TPSA) is 65.2 Å². The summed E-state index contributed by atoms with van der Waals surface area (Å²) in [5.74, 6) is 0.488. The Morgan fingerprint density at radius 3 is 2.34 bits per heavy atom. The molecule has 4 rings (SSSR count). The molecule has 0 fully saturated rings. The van der Waals surface area contributed by atoms with Crippen molar-refractivity contribution in [2.75, 3.05) is 24.4 Å². The number of fused-ring (bicyclic) bond motifs is 1. The fraction of sp³-hybridized carbons (Fsp3) is 0.0909. The van der Waals surface area contributed by atoms with Crippen LogP contribution in [0, 0.1) is 0 Å². The number of aromatic nitrogens is 1. The quantitative estimate of drug-likeness (QED) is 0.196. The highest BCUT2D eigenvalue weighted by Gasteiger charge is 2.05. The number of anilines is 2. The lowest BCUT2D eigenvalue weighted by Crippen LogP contribution is -2.08. The molecule has 0 atom stereocenters. The maximum Gasteiger partial charge on any atom is 0.231 e. The second-order valence-electron chi connectivity index (χ2n) is 6.52. The lowest BCUT2D eigenvalue weighted by atomic mass is 10.2. The summed E-state index contributed by atoms with van der Waals surface area (Å²) in [5, 5.41) is 13.8. The molecule has 144 valence electrons. The van der Waals surface area contributed by atoms with E-state index in [0.29, 0.717) is 11.0 Å². The SMILES string of the molecule is CN(C)c1ccc(N/N=C(\N=Nc2nc3ccccc3s2)c2ccccc2)cc1. The van der Waals surface area contributed by atoms with Crippen LogP contribution in [0.5, 0.6) is 0 Å². The number of amidine groups is 1. The van der Waals surface area contributed by atoms with Crippen LogP contribution in [0.2, 0.25) is 0 Å². The zero-order valence-electron chi connectivity index (χ0n) is 16.1. The third-order valence-electron chi connectivity index (χ3n) is 4.22. The first-order chi connectivity index (χ1) is 14.2. The Bertz CT molecular complexity index is 1110. The standard InChI is InChI=1S/C22H20N6S/c1-28(2)18-14-12-17(13-15-18)24-25-21(16-8-4-3-5-9-16)26-27-22-23-19-10-6-7-11-20(19)29-22/h3-15,24H,1-2H3/b25-21-,27-26?. The molecule has 0 aliphatic carbocycles. The molecule has 0 aliphatic rings. The van der Waals surface area contributed by atoms with Gasteiger partial charge < -0.3 is 4.90 Å². The third kappa shape index (κ3) is 4.64. The fourth-order valence-electron chi connectivity index (χ4n) is 2.68. The molecule has 6 nitrogen and oxygen atoms in total. The molecule has 0 spiro atoms. The van der Waals surface area contributed by atoms with Gasteiger partial charge in [0.1, 0.15) is 0 Å². The molecule has 0 aliphatic heterocycles. The normalized spacial score (nSPS) is 11.9. The van der Waals surface area contributed by atoms with Gasteiger partial charge in [0.05, 0.1) is 15.9 Å². The smallest absolute Gasteiger partial charge is 0.231 e. The summed E-state index contributed by atoms with van der Waals surface area (Å²) in [7, 11) is 4.02. The van der Waals surface area contributed by atoms with Crippen LogP contribution in [0.3, 0.4) is 0 Å². The van der Waals surface area contributed by atoms with Crippen molar-refractivity contribution < 1.29 is 0 Å². The lowest BCUT2D eigenvalue weighted by molar-refractivity contribution is 1.13. The maximum atomic E-state index is 4.50. The van der Waals surface area contributed by atoms with Crippen LogP contribution in [-0.2, 0) is 0 Å². The van der Waals surface area contributed by atoms with E-state index in [1.165, 1.54) is 11.3 Å². The molecule has 0 radical (unpaired) electrons. The van der Waals surface area contributed by atoms with Crippen molar-refractivity contribution in [3.8, 4) is 0 Å². The van der Waals surface area contributed by atoms with E-state index in [1.54, 1.807) is 0 Å². The number of para-hydroxylation sites is 1. The zero-order chi connectivity index (χ0) is 20.1. The van der Waals surface area contributed by atoms with Gasteiger partial charge in [-0.25, -0.2) is 4.98 Å². The van der Waals surface area contributed by atoms with Crippen molar-refractivity contribution >= 4 is 43.9 Å². The van der Waals surface area contributed by atoms with Crippen molar-refractivity contribution in [3.05, 3.63) is 84.4 Å². The van der Waals surface area contributed by atoms with Crippen LogP contribution in [0.1, 0.15) is 5.56 Å². The summed E-state index contributed by atoms with van der Waals surface area (Å²) >= 11 is 1.50. The van der Waals surface area contributed by atoms with Gasteiger partial charge in [-0.3, -0.25) is 5.43 Å². The number of thiazole rings is 1. The highest BCUT2D eigenvalue weighted by Crippen LogP contribution is 2.28. The highest BCUT2D eigenvalue weighted by molar-refractivity contribution is 7.21. The first kappa shape index (κ1) is 18.8. The van der Waals surface area contributed by atoms with Crippen molar-refractivity contribution in [1.29, 1.82) is 0 Å². The van der Waals surface area contributed by atoms with Crippen molar-refractivity contribution in [3.63, 3.8) is 0 Å². The molecular formula is C22H20N6S. The summed E-state index contributed by atoms with van der Waals surface area (Å²) in [6.07, 6.45) is 0. The van der Waals surface area contributed by atoms with Crippen LogP contribution in [0.25, 0.3) is 10.2 Å². The minimum Gasteiger partial charge on any atom is -0.378 e. The summed E-state index contributed by atoms with van der Waals surface area (Å²) in [6.45, 7) is 0. The number of hydrazone groups is 1. The molecule has 3 aromatic carbocycles. The van der Waals surface area contributed by atoms with Gasteiger partial charge in [-0.1, -0.05) is 53.8 Å². The lowest BCUT2D eigenvalue weighted by Gasteiger charge is -2.12. The van der Waals surface area contributed by atoms with Gasteiger partial charge in [0.15, 0.2) is 0 Å². The van der Waals surface area contributed by atoms with E-state index in [4.69, 9.17) is 0 Å². The summed E-state index contributed by atoms with van der Waals surface area (Å²) in [5.41, 5.74) is 6.86. The van der Waals surface area contributed by atoms with Crippen molar-refractivity contribution in [2.24, 2.45) is 15.3 Å². The van der Waals surface area contributed by atoms with E-state index >= 15 is 0 Å². The number of hydrogen-bond acceptors (Lipinski definition) is 6. The number of nitrogens with zero attached hydrogens (tertiary/aromatic N) is 5. The molecule has 0 amide bonds. The van der Waals surface area contributed by atoms with Crippen LogP contribution < -0.4 is 10.3 Å². The first-order valence-electron chi connectivity index (χ1n) is 9.13. The van der Waals surface area contributed by atoms with Crippen LogP contribution in [0.15, 0.2) is 94.2 Å². The Labute approximate surface area is 173 Å². The van der Waals surface area contributed by atoms with Gasteiger partial charge >= 0.3 is 0 Å². The summed E-state index contributed by atoms with van der Waals surface area (Å²) in [4.78, 5) is 6.55. The molecule has 0 bridgehead atoms. The number of rotatable bonds is 5. The van der Waals surface area contributed by atoms with E-state index in [-0.39, 0.29) is 0 Å². The Morgan fingerprint density at radius 1 is 0.897 bits per heavy atom. The highest BCUT2D eigenvalue weighted by atomic mass is 32.1. The third-order valence-corrected chi connectivity index (χ3v) is 5.14. The minimum atomic E-state index is 0.488. The predicted octanol–water partition coefficient (Wildman–Crippen LogP) is 5.92. The number of nitrogens with one attached hydrogen (secondary N) is 1. The van der Waals surface area contributed by atoms with E-state index in [9.17, 15) is 0 Å². The Kier molecular flexibility index (Phi) is 5.58. The van der Waals surface area contributed by atoms with Crippen LogP contribution in [0.4, 0.5) is 16.5 Å². The van der Waals surface area contributed by atoms with Gasteiger partial charge in [-0.15, -0.1) is 10.2 Å². The molecule has 1 N–H and O–H groups in total. The van der Waals surface area contributed by atoms with Crippen molar-refractivity contribution in [1.82, 2.24) is 4.98 Å². The van der Waals surface area contributed by atoms with Gasteiger partial charge in [0, 0.05) is 25.3 Å². The summed E-state index contributed by atoms with van der Waals surface area (Å²) in [6, 6.07) is 25.7. The number of benzene rings is 3. The monoisotopic (exact) mass is 400 g/mol. The zero-order valence-corrected chi connectivity index (χ0v) is 17.0. The first-order valence-corrected chi connectivity index (χ1v) is 9.94. The van der Waals surface area contributed by atoms with E-state index < -0.39 is 0 Å². The van der Waals surface area contributed by atoms with E-state index in [2.05, 4.69) is 30.6 Å². The second-order valence-corrected chi connectivity index (χ2v) is 7.53. The predicted molar refractivity (Wildman–Crippen MR) is 122 cm³/mol. The molecule has 0 saturated carbocycles. The van der Waals surface area contributed by atoms with Gasteiger partial charge in [-0.05, 0) is 36.4 Å². The summed E-state index contributed by atoms with van der Waals surface area (Å²) < 4.78 is 1.08. The van der Waals surface area contributed by atoms with Crippen molar-refractivity contribution in [2.45, 2.75) is 0 Å². The largest absolute Gasteiger partial charge is 0.378 e. The van der Waals surface area contributed by atoms with Gasteiger partial charge in [0.25, 0.3) is 0 Å². The molecular weight excluding hydrogens is 380 g/mol. The van der Waals surface area contributed by atoms with E-state index in [0.717, 1.165) is 27.2 Å². The molecule has 29 heavy (non-hydrogen) atoms. The van der Waals surface area contributed by atoms with Gasteiger partial charge in [0.2, 0.25) is 11.0 Å². The Morgan fingerprint density at radius 2 is 1.62 bits per heavy atom. The second kappa shape index (κ2) is 8.62. The Hall–Kier alpha value is -3.58. The van der Waals surface area contributed by atoms with Crippen LogP contribution in [-0.4, -0.2) is 24.9 Å². The van der Waals surface area contributed by atoms with Crippen LogP contribution >= 0.6 is 11.3 Å². The molecule has 0 unspecified atom stereocenters. The molecule has 1 heterocycles.